The minimum absolute atomic E-state index is 0.0694. The highest BCUT2D eigenvalue weighted by atomic mass is 35.5. The molecule has 0 radical (unpaired) electrons. The number of aromatic amines is 1. The zero-order chi connectivity index (χ0) is 13.4. The van der Waals surface area contributed by atoms with Crippen molar-refractivity contribution < 1.29 is 9.13 Å². The van der Waals surface area contributed by atoms with Gasteiger partial charge in [0.15, 0.2) is 5.75 Å². The van der Waals surface area contributed by atoms with Gasteiger partial charge >= 0.3 is 0 Å². The van der Waals surface area contributed by atoms with E-state index in [2.05, 4.69) is 9.97 Å². The van der Waals surface area contributed by atoms with Gasteiger partial charge in [0, 0.05) is 12.3 Å². The summed E-state index contributed by atoms with van der Waals surface area (Å²) in [6, 6.07) is 6.02. The van der Waals surface area contributed by atoms with E-state index < -0.39 is 5.82 Å². The number of nitrogens with two attached hydrogens (primary N) is 1. The molecule has 3 aromatic rings. The van der Waals surface area contributed by atoms with Gasteiger partial charge in [0.1, 0.15) is 22.2 Å². The average Bonchev–Trinajstić information content (AvgIpc) is 2.86. The number of H-pyrrole nitrogens is 1. The number of anilines is 1. The Morgan fingerprint density at radius 1 is 1.32 bits per heavy atom. The van der Waals surface area contributed by atoms with E-state index in [4.69, 9.17) is 22.1 Å². The Morgan fingerprint density at radius 3 is 2.95 bits per heavy atom. The number of pyridine rings is 1. The lowest BCUT2D eigenvalue weighted by Gasteiger charge is -2.09. The smallest absolute Gasteiger partial charge is 0.158 e. The van der Waals surface area contributed by atoms with Gasteiger partial charge in [-0.1, -0.05) is 11.6 Å². The van der Waals surface area contributed by atoms with Crippen molar-refractivity contribution in [1.29, 1.82) is 0 Å². The van der Waals surface area contributed by atoms with Crippen LogP contribution in [0.15, 0.2) is 36.7 Å². The maximum absolute atomic E-state index is 13.4. The van der Waals surface area contributed by atoms with Crippen LogP contribution < -0.4 is 10.5 Å². The van der Waals surface area contributed by atoms with E-state index in [0.717, 1.165) is 5.39 Å². The maximum Gasteiger partial charge on any atom is 0.158 e. The van der Waals surface area contributed by atoms with Gasteiger partial charge in [0.25, 0.3) is 0 Å². The Hall–Kier alpha value is -2.27. The van der Waals surface area contributed by atoms with Gasteiger partial charge in [-0.15, -0.1) is 0 Å². The standard InChI is InChI=1S/C13H9ClFN3O/c14-9-6-18-13-8(3-4-17-13)12(9)19-7-1-2-11(16)10(15)5-7/h1-6H,16H2,(H,17,18). The number of ether oxygens (including phenoxy) is 1. The number of aromatic nitrogens is 2. The SMILES string of the molecule is Nc1ccc(Oc2c(Cl)cnc3[nH]ccc23)cc1F. The van der Waals surface area contributed by atoms with Crippen molar-refractivity contribution in [2.45, 2.75) is 0 Å². The fourth-order valence-electron chi connectivity index (χ4n) is 1.75. The van der Waals surface area contributed by atoms with Crippen LogP contribution in [0.3, 0.4) is 0 Å². The topological polar surface area (TPSA) is 63.9 Å². The normalized spacial score (nSPS) is 10.8. The van der Waals surface area contributed by atoms with Crippen molar-refractivity contribution in [2.24, 2.45) is 0 Å². The summed E-state index contributed by atoms with van der Waals surface area (Å²) in [6.07, 6.45) is 3.20. The molecule has 96 valence electrons. The van der Waals surface area contributed by atoms with Gasteiger partial charge in [-0.25, -0.2) is 9.37 Å². The summed E-state index contributed by atoms with van der Waals surface area (Å²) in [4.78, 5) is 7.06. The summed E-state index contributed by atoms with van der Waals surface area (Å²) in [6.45, 7) is 0. The molecule has 0 unspecified atom stereocenters. The van der Waals surface area contributed by atoms with E-state index >= 15 is 0 Å². The molecule has 2 heterocycles. The van der Waals surface area contributed by atoms with E-state index in [1.165, 1.54) is 18.3 Å². The molecule has 0 bridgehead atoms. The molecular weight excluding hydrogens is 269 g/mol. The van der Waals surface area contributed by atoms with Crippen molar-refractivity contribution >= 4 is 28.3 Å². The Bertz CT molecular complexity index is 757. The molecule has 0 spiro atoms. The molecule has 3 N–H and O–H groups in total. The third-order valence-electron chi connectivity index (χ3n) is 2.69. The minimum atomic E-state index is -0.534. The van der Waals surface area contributed by atoms with E-state index in [0.29, 0.717) is 22.2 Å². The number of hydrogen-bond donors (Lipinski definition) is 2. The van der Waals surface area contributed by atoms with Gasteiger partial charge in [0.05, 0.1) is 17.3 Å². The van der Waals surface area contributed by atoms with E-state index in [9.17, 15) is 4.39 Å². The van der Waals surface area contributed by atoms with E-state index in [1.807, 2.05) is 0 Å². The molecule has 0 saturated heterocycles. The Balaban J connectivity index is 2.07. The molecule has 19 heavy (non-hydrogen) atoms. The number of halogens is 2. The number of hydrogen-bond acceptors (Lipinski definition) is 3. The van der Waals surface area contributed by atoms with Crippen LogP contribution in [0.4, 0.5) is 10.1 Å². The van der Waals surface area contributed by atoms with Gasteiger partial charge in [-0.3, -0.25) is 0 Å². The number of nitrogens with one attached hydrogen (secondary N) is 1. The summed E-state index contributed by atoms with van der Waals surface area (Å²) in [5.74, 6) is 0.215. The molecule has 0 aliphatic carbocycles. The quantitative estimate of drug-likeness (QED) is 0.702. The van der Waals surface area contributed by atoms with E-state index in [1.54, 1.807) is 18.3 Å². The van der Waals surface area contributed by atoms with Crippen LogP contribution >= 0.6 is 11.6 Å². The fraction of sp³-hybridized carbons (Fsp3) is 0. The number of rotatable bonds is 2. The molecule has 0 atom stereocenters. The molecule has 1 aromatic carbocycles. The van der Waals surface area contributed by atoms with Crippen molar-refractivity contribution in [2.75, 3.05) is 5.73 Å². The van der Waals surface area contributed by atoms with Gasteiger partial charge in [0.2, 0.25) is 0 Å². The molecule has 4 nitrogen and oxygen atoms in total. The first-order valence-electron chi connectivity index (χ1n) is 5.49. The van der Waals surface area contributed by atoms with Crippen molar-refractivity contribution in [3.8, 4) is 11.5 Å². The Labute approximate surface area is 113 Å². The fourth-order valence-corrected chi connectivity index (χ4v) is 1.94. The lowest BCUT2D eigenvalue weighted by atomic mass is 10.3. The number of benzene rings is 1. The largest absolute Gasteiger partial charge is 0.455 e. The van der Waals surface area contributed by atoms with Crippen molar-refractivity contribution in [1.82, 2.24) is 9.97 Å². The predicted octanol–water partition coefficient (Wildman–Crippen LogP) is 3.73. The number of nitrogens with zero attached hydrogens (tertiary/aromatic N) is 1. The Morgan fingerprint density at radius 2 is 2.16 bits per heavy atom. The van der Waals surface area contributed by atoms with Crippen LogP contribution in [0.25, 0.3) is 11.0 Å². The summed E-state index contributed by atoms with van der Waals surface area (Å²) in [7, 11) is 0. The molecule has 0 fully saturated rings. The zero-order valence-electron chi connectivity index (χ0n) is 9.65. The highest BCUT2D eigenvalue weighted by molar-refractivity contribution is 6.33. The van der Waals surface area contributed by atoms with Crippen LogP contribution in [-0.2, 0) is 0 Å². The third-order valence-corrected chi connectivity index (χ3v) is 2.95. The molecule has 0 amide bonds. The van der Waals surface area contributed by atoms with Crippen molar-refractivity contribution in [3.63, 3.8) is 0 Å². The maximum atomic E-state index is 13.4. The second kappa shape index (κ2) is 4.44. The lowest BCUT2D eigenvalue weighted by molar-refractivity contribution is 0.482. The summed E-state index contributed by atoms with van der Waals surface area (Å²) in [5, 5.41) is 1.08. The summed E-state index contributed by atoms with van der Waals surface area (Å²) >= 11 is 6.06. The lowest BCUT2D eigenvalue weighted by Crippen LogP contribution is -1.92. The van der Waals surface area contributed by atoms with Gasteiger partial charge < -0.3 is 15.5 Å². The number of nitrogen functional groups attached to an aromatic ring is 1. The van der Waals surface area contributed by atoms with Crippen LogP contribution in [-0.4, -0.2) is 9.97 Å². The predicted molar refractivity (Wildman–Crippen MR) is 72.0 cm³/mol. The Kier molecular flexibility index (Phi) is 2.76. The van der Waals surface area contributed by atoms with Crippen LogP contribution in [0.1, 0.15) is 0 Å². The summed E-state index contributed by atoms with van der Waals surface area (Å²) in [5.41, 5.74) is 6.13. The molecule has 6 heteroatoms. The molecule has 0 aliphatic heterocycles. The second-order valence-corrected chi connectivity index (χ2v) is 4.37. The monoisotopic (exact) mass is 277 g/mol. The molecule has 0 aliphatic rings. The second-order valence-electron chi connectivity index (χ2n) is 3.96. The van der Waals surface area contributed by atoms with Crippen LogP contribution in [0.5, 0.6) is 11.5 Å². The van der Waals surface area contributed by atoms with E-state index in [-0.39, 0.29) is 5.69 Å². The highest BCUT2D eigenvalue weighted by Crippen LogP contribution is 2.35. The molecule has 2 aromatic heterocycles. The molecule has 0 saturated carbocycles. The first-order valence-corrected chi connectivity index (χ1v) is 5.87. The van der Waals surface area contributed by atoms with Crippen LogP contribution in [0, 0.1) is 5.82 Å². The average molecular weight is 278 g/mol. The van der Waals surface area contributed by atoms with Crippen LogP contribution in [0.2, 0.25) is 5.02 Å². The first-order chi connectivity index (χ1) is 9.15. The summed E-state index contributed by atoms with van der Waals surface area (Å²) < 4.78 is 19.0. The first kappa shape index (κ1) is 11.8. The highest BCUT2D eigenvalue weighted by Gasteiger charge is 2.11. The van der Waals surface area contributed by atoms with Gasteiger partial charge in [-0.2, -0.15) is 0 Å². The third kappa shape index (κ3) is 2.08. The minimum Gasteiger partial charge on any atom is -0.455 e. The molecule has 3 rings (SSSR count). The van der Waals surface area contributed by atoms with Crippen molar-refractivity contribution in [3.05, 3.63) is 47.5 Å². The zero-order valence-corrected chi connectivity index (χ0v) is 10.4. The van der Waals surface area contributed by atoms with Gasteiger partial charge in [-0.05, 0) is 18.2 Å². The number of fused-ring (bicyclic) bond motifs is 1. The molecular formula is C13H9ClFN3O.